The molecule has 3 heteroatoms. The van der Waals surface area contributed by atoms with Gasteiger partial charge in [-0.3, -0.25) is 0 Å². The van der Waals surface area contributed by atoms with Crippen LogP contribution in [-0.2, 0) is 6.54 Å². The lowest BCUT2D eigenvalue weighted by atomic mass is 10.3. The molecule has 56 valence electrons. The number of hydrogen-bond donors (Lipinski definition) is 1. The predicted molar refractivity (Wildman–Crippen MR) is 38.5 cm³/mol. The van der Waals surface area contributed by atoms with Gasteiger partial charge in [-0.25, -0.2) is 4.98 Å². The zero-order valence-electron chi connectivity index (χ0n) is 6.07. The van der Waals surface area contributed by atoms with Gasteiger partial charge in [0.2, 0.25) is 0 Å². The van der Waals surface area contributed by atoms with Crippen molar-refractivity contribution in [3.05, 3.63) is 18.7 Å². The Bertz CT molecular complexity index is 172. The van der Waals surface area contributed by atoms with E-state index in [4.69, 9.17) is 0 Å². The SMILES string of the molecule is CC[C@H](O)Cn1ccnc1. The molecule has 0 radical (unpaired) electrons. The van der Waals surface area contributed by atoms with Gasteiger partial charge in [-0.2, -0.15) is 0 Å². The van der Waals surface area contributed by atoms with Gasteiger partial charge in [-0.1, -0.05) is 6.92 Å². The van der Waals surface area contributed by atoms with E-state index in [1.54, 1.807) is 12.5 Å². The molecular formula is C7H12N2O. The van der Waals surface area contributed by atoms with Crippen LogP contribution in [0, 0.1) is 0 Å². The lowest BCUT2D eigenvalue weighted by molar-refractivity contribution is 0.150. The maximum Gasteiger partial charge on any atom is 0.0946 e. The molecule has 1 aromatic rings. The van der Waals surface area contributed by atoms with Crippen molar-refractivity contribution < 1.29 is 5.11 Å². The lowest BCUT2D eigenvalue weighted by Crippen LogP contribution is -2.12. The summed E-state index contributed by atoms with van der Waals surface area (Å²) in [5, 5.41) is 9.18. The van der Waals surface area contributed by atoms with Gasteiger partial charge in [0.05, 0.1) is 12.4 Å². The minimum atomic E-state index is -0.241. The quantitative estimate of drug-likeness (QED) is 0.669. The molecule has 0 spiro atoms. The summed E-state index contributed by atoms with van der Waals surface area (Å²) in [5.74, 6) is 0. The van der Waals surface area contributed by atoms with Gasteiger partial charge in [0.15, 0.2) is 0 Å². The molecule has 0 aliphatic rings. The van der Waals surface area contributed by atoms with Crippen molar-refractivity contribution in [3.8, 4) is 0 Å². The second-order valence-electron chi connectivity index (χ2n) is 2.32. The molecule has 0 aliphatic heterocycles. The zero-order chi connectivity index (χ0) is 7.40. The van der Waals surface area contributed by atoms with Crippen LogP contribution >= 0.6 is 0 Å². The third-order valence-corrected chi connectivity index (χ3v) is 1.45. The Balaban J connectivity index is 2.40. The Labute approximate surface area is 60.3 Å². The van der Waals surface area contributed by atoms with E-state index in [-0.39, 0.29) is 6.10 Å². The monoisotopic (exact) mass is 140 g/mol. The molecule has 1 aromatic heterocycles. The first-order valence-corrected chi connectivity index (χ1v) is 3.46. The molecule has 0 bridgehead atoms. The summed E-state index contributed by atoms with van der Waals surface area (Å²) in [4.78, 5) is 3.86. The molecule has 0 saturated heterocycles. The van der Waals surface area contributed by atoms with Crippen molar-refractivity contribution in [2.75, 3.05) is 0 Å². The Morgan fingerprint density at radius 2 is 2.50 bits per heavy atom. The molecule has 1 atom stereocenters. The van der Waals surface area contributed by atoms with Crippen LogP contribution in [0.5, 0.6) is 0 Å². The highest BCUT2D eigenvalue weighted by molar-refractivity contribution is 4.75. The van der Waals surface area contributed by atoms with Gasteiger partial charge >= 0.3 is 0 Å². The molecule has 0 unspecified atom stereocenters. The summed E-state index contributed by atoms with van der Waals surface area (Å²) >= 11 is 0. The lowest BCUT2D eigenvalue weighted by Gasteiger charge is -2.06. The van der Waals surface area contributed by atoms with Gasteiger partial charge in [-0.15, -0.1) is 0 Å². The number of nitrogens with zero attached hydrogens (tertiary/aromatic N) is 2. The van der Waals surface area contributed by atoms with E-state index in [0.29, 0.717) is 6.54 Å². The van der Waals surface area contributed by atoms with Gasteiger partial charge in [0, 0.05) is 18.9 Å². The highest BCUT2D eigenvalue weighted by Crippen LogP contribution is 1.94. The Hall–Kier alpha value is -0.830. The zero-order valence-corrected chi connectivity index (χ0v) is 6.07. The third kappa shape index (κ3) is 1.84. The standard InChI is InChI=1S/C7H12N2O/c1-2-7(10)5-9-4-3-8-6-9/h3-4,6-7,10H,2,5H2,1H3/t7-/m0/s1. The van der Waals surface area contributed by atoms with Crippen LogP contribution in [0.25, 0.3) is 0 Å². The van der Waals surface area contributed by atoms with Crippen LogP contribution in [0.3, 0.4) is 0 Å². The third-order valence-electron chi connectivity index (χ3n) is 1.45. The highest BCUT2D eigenvalue weighted by Gasteiger charge is 1.99. The molecule has 10 heavy (non-hydrogen) atoms. The number of imidazole rings is 1. The number of hydrogen-bond acceptors (Lipinski definition) is 2. The molecule has 3 nitrogen and oxygen atoms in total. The van der Waals surface area contributed by atoms with E-state index in [1.165, 1.54) is 0 Å². The fourth-order valence-electron chi connectivity index (χ4n) is 0.767. The Morgan fingerprint density at radius 1 is 1.70 bits per heavy atom. The van der Waals surface area contributed by atoms with Crippen LogP contribution in [0.2, 0.25) is 0 Å². The topological polar surface area (TPSA) is 38.0 Å². The first kappa shape index (κ1) is 7.28. The Kier molecular flexibility index (Phi) is 2.45. The second-order valence-corrected chi connectivity index (χ2v) is 2.32. The number of aliphatic hydroxyl groups is 1. The first-order chi connectivity index (χ1) is 4.83. The van der Waals surface area contributed by atoms with Gasteiger partial charge in [0.25, 0.3) is 0 Å². The summed E-state index contributed by atoms with van der Waals surface area (Å²) < 4.78 is 1.87. The van der Waals surface area contributed by atoms with Crippen molar-refractivity contribution in [1.82, 2.24) is 9.55 Å². The molecule has 1 N–H and O–H groups in total. The van der Waals surface area contributed by atoms with Gasteiger partial charge < -0.3 is 9.67 Å². The normalized spacial score (nSPS) is 13.4. The molecule has 1 heterocycles. The van der Waals surface area contributed by atoms with Crippen LogP contribution in [-0.4, -0.2) is 20.8 Å². The van der Waals surface area contributed by atoms with Crippen LogP contribution < -0.4 is 0 Å². The largest absolute Gasteiger partial charge is 0.391 e. The van der Waals surface area contributed by atoms with Crippen molar-refractivity contribution >= 4 is 0 Å². The van der Waals surface area contributed by atoms with Crippen LogP contribution in [0.1, 0.15) is 13.3 Å². The molecule has 0 amide bonds. The maximum absolute atomic E-state index is 9.18. The number of aromatic nitrogens is 2. The van der Waals surface area contributed by atoms with Crippen LogP contribution in [0.15, 0.2) is 18.7 Å². The van der Waals surface area contributed by atoms with Crippen molar-refractivity contribution in [2.45, 2.75) is 26.0 Å². The summed E-state index contributed by atoms with van der Waals surface area (Å²) in [7, 11) is 0. The molecule has 1 rings (SSSR count). The van der Waals surface area contributed by atoms with Crippen LogP contribution in [0.4, 0.5) is 0 Å². The van der Waals surface area contributed by atoms with E-state index in [1.807, 2.05) is 17.7 Å². The van der Waals surface area contributed by atoms with Crippen molar-refractivity contribution in [2.24, 2.45) is 0 Å². The second kappa shape index (κ2) is 3.37. The van der Waals surface area contributed by atoms with Crippen molar-refractivity contribution in [1.29, 1.82) is 0 Å². The Morgan fingerprint density at radius 3 is 3.00 bits per heavy atom. The minimum absolute atomic E-state index is 0.241. The van der Waals surface area contributed by atoms with E-state index >= 15 is 0 Å². The predicted octanol–water partition coefficient (Wildman–Crippen LogP) is 0.654. The fraction of sp³-hybridized carbons (Fsp3) is 0.571. The van der Waals surface area contributed by atoms with E-state index in [9.17, 15) is 5.11 Å². The number of rotatable bonds is 3. The average Bonchev–Trinajstić information content (AvgIpc) is 2.40. The maximum atomic E-state index is 9.18. The van der Waals surface area contributed by atoms with E-state index < -0.39 is 0 Å². The van der Waals surface area contributed by atoms with Gasteiger partial charge in [0.1, 0.15) is 0 Å². The minimum Gasteiger partial charge on any atom is -0.391 e. The highest BCUT2D eigenvalue weighted by atomic mass is 16.3. The average molecular weight is 140 g/mol. The molecule has 0 fully saturated rings. The smallest absolute Gasteiger partial charge is 0.0946 e. The number of aliphatic hydroxyl groups excluding tert-OH is 1. The first-order valence-electron chi connectivity index (χ1n) is 3.46. The van der Waals surface area contributed by atoms with E-state index in [0.717, 1.165) is 6.42 Å². The summed E-state index contributed by atoms with van der Waals surface area (Å²) in [6, 6.07) is 0. The summed E-state index contributed by atoms with van der Waals surface area (Å²) in [5.41, 5.74) is 0. The summed E-state index contributed by atoms with van der Waals surface area (Å²) in [6.45, 7) is 2.61. The molecule has 0 aliphatic carbocycles. The van der Waals surface area contributed by atoms with Gasteiger partial charge in [-0.05, 0) is 6.42 Å². The molecule has 0 aromatic carbocycles. The molecular weight excluding hydrogens is 128 g/mol. The van der Waals surface area contributed by atoms with E-state index in [2.05, 4.69) is 4.98 Å². The summed E-state index contributed by atoms with van der Waals surface area (Å²) in [6.07, 6.45) is 5.81. The molecule has 0 saturated carbocycles. The fourth-order valence-corrected chi connectivity index (χ4v) is 0.767. The van der Waals surface area contributed by atoms with Crippen molar-refractivity contribution in [3.63, 3.8) is 0 Å².